The maximum absolute atomic E-state index is 12.3. The van der Waals surface area contributed by atoms with Crippen LogP contribution in [0.2, 0.25) is 0 Å². The first kappa shape index (κ1) is 15.1. The number of aliphatic hydroxyl groups is 1. The van der Waals surface area contributed by atoms with E-state index in [1.165, 1.54) is 0 Å². The number of amides is 1. The molecule has 0 aliphatic heterocycles. The van der Waals surface area contributed by atoms with Crippen LogP contribution in [0.4, 0.5) is 0 Å². The molecule has 0 bridgehead atoms. The molecule has 2 aromatic rings. The average Bonchev–Trinajstić information content (AvgIpc) is 2.52. The lowest BCUT2D eigenvalue weighted by Crippen LogP contribution is -2.23. The van der Waals surface area contributed by atoms with Crippen LogP contribution in [-0.2, 0) is 13.2 Å². The Morgan fingerprint density at radius 1 is 1.19 bits per heavy atom. The summed E-state index contributed by atoms with van der Waals surface area (Å²) in [6.07, 6.45) is 0. The fourth-order valence-corrected chi connectivity index (χ4v) is 2.11. The van der Waals surface area contributed by atoms with E-state index in [4.69, 9.17) is 9.84 Å². The number of aliphatic hydroxyl groups excluding tert-OH is 1. The molecular weight excluding hydrogens is 266 g/mol. The summed E-state index contributed by atoms with van der Waals surface area (Å²) in [6, 6.07) is 13.0. The molecule has 0 fully saturated rings. The lowest BCUT2D eigenvalue weighted by atomic mass is 10.1. The number of hydrogen-bond acceptors (Lipinski definition) is 3. The van der Waals surface area contributed by atoms with Crippen molar-refractivity contribution in [1.82, 2.24) is 5.32 Å². The van der Waals surface area contributed by atoms with E-state index < -0.39 is 0 Å². The molecule has 110 valence electrons. The summed E-state index contributed by atoms with van der Waals surface area (Å²) in [5.74, 6) is 0.382. The molecule has 1 amide bonds. The third kappa shape index (κ3) is 3.83. The van der Waals surface area contributed by atoms with Gasteiger partial charge in [-0.3, -0.25) is 4.79 Å². The fraction of sp³-hybridized carbons (Fsp3) is 0.235. The molecule has 2 N–H and O–H groups in total. The molecule has 0 aromatic heterocycles. The highest BCUT2D eigenvalue weighted by molar-refractivity contribution is 5.97. The zero-order chi connectivity index (χ0) is 15.2. The lowest BCUT2D eigenvalue weighted by Gasteiger charge is -2.10. The van der Waals surface area contributed by atoms with Crippen molar-refractivity contribution in [2.75, 3.05) is 7.11 Å². The van der Waals surface area contributed by atoms with Gasteiger partial charge in [0.1, 0.15) is 5.75 Å². The van der Waals surface area contributed by atoms with Gasteiger partial charge < -0.3 is 15.2 Å². The van der Waals surface area contributed by atoms with E-state index in [1.54, 1.807) is 19.2 Å². The summed E-state index contributed by atoms with van der Waals surface area (Å²) in [4.78, 5) is 12.3. The number of carbonyl (C=O) groups is 1. The van der Waals surface area contributed by atoms with Crippen LogP contribution in [0, 0.1) is 6.92 Å². The molecule has 0 aliphatic carbocycles. The Labute approximate surface area is 124 Å². The number of carbonyl (C=O) groups excluding carboxylic acids is 1. The number of benzene rings is 2. The van der Waals surface area contributed by atoms with Crippen LogP contribution in [0.15, 0.2) is 42.5 Å². The van der Waals surface area contributed by atoms with E-state index in [-0.39, 0.29) is 12.5 Å². The molecule has 0 atom stereocenters. The molecule has 0 radical (unpaired) electrons. The molecule has 21 heavy (non-hydrogen) atoms. The van der Waals surface area contributed by atoms with Crippen LogP contribution >= 0.6 is 0 Å². The first-order valence-electron chi connectivity index (χ1n) is 6.75. The van der Waals surface area contributed by atoms with Gasteiger partial charge >= 0.3 is 0 Å². The zero-order valence-electron chi connectivity index (χ0n) is 12.2. The second-order valence-electron chi connectivity index (χ2n) is 4.86. The lowest BCUT2D eigenvalue weighted by molar-refractivity contribution is 0.0948. The molecule has 0 unspecified atom stereocenters. The smallest absolute Gasteiger partial charge is 0.255 e. The van der Waals surface area contributed by atoms with Gasteiger partial charge in [0, 0.05) is 6.54 Å². The quantitative estimate of drug-likeness (QED) is 0.887. The Kier molecular flexibility index (Phi) is 4.95. The predicted molar refractivity (Wildman–Crippen MR) is 81.3 cm³/mol. The van der Waals surface area contributed by atoms with Crippen molar-refractivity contribution in [1.29, 1.82) is 0 Å². The molecule has 0 aliphatic rings. The molecule has 2 aromatic carbocycles. The van der Waals surface area contributed by atoms with Crippen molar-refractivity contribution in [3.8, 4) is 5.75 Å². The maximum atomic E-state index is 12.3. The summed E-state index contributed by atoms with van der Waals surface area (Å²) < 4.78 is 5.22. The largest absolute Gasteiger partial charge is 0.496 e. The van der Waals surface area contributed by atoms with Crippen molar-refractivity contribution in [2.24, 2.45) is 0 Å². The van der Waals surface area contributed by atoms with E-state index >= 15 is 0 Å². The molecule has 0 spiro atoms. The number of methoxy groups -OCH3 is 1. The minimum atomic E-state index is -0.176. The number of nitrogens with one attached hydrogen (secondary N) is 1. The number of ether oxygens (including phenoxy) is 1. The van der Waals surface area contributed by atoms with Crippen LogP contribution in [-0.4, -0.2) is 18.1 Å². The minimum Gasteiger partial charge on any atom is -0.496 e. The van der Waals surface area contributed by atoms with Crippen LogP contribution in [0.25, 0.3) is 0 Å². The van der Waals surface area contributed by atoms with Crippen molar-refractivity contribution in [3.63, 3.8) is 0 Å². The van der Waals surface area contributed by atoms with Crippen LogP contribution < -0.4 is 10.1 Å². The van der Waals surface area contributed by atoms with Crippen molar-refractivity contribution in [3.05, 3.63) is 64.7 Å². The van der Waals surface area contributed by atoms with Crippen molar-refractivity contribution in [2.45, 2.75) is 20.1 Å². The zero-order valence-corrected chi connectivity index (χ0v) is 12.2. The monoisotopic (exact) mass is 285 g/mol. The molecule has 2 rings (SSSR count). The summed E-state index contributed by atoms with van der Waals surface area (Å²) in [7, 11) is 1.55. The first-order chi connectivity index (χ1) is 10.1. The highest BCUT2D eigenvalue weighted by Gasteiger charge is 2.12. The Hall–Kier alpha value is -2.33. The van der Waals surface area contributed by atoms with Crippen LogP contribution in [0.1, 0.15) is 27.0 Å². The second-order valence-corrected chi connectivity index (χ2v) is 4.86. The van der Waals surface area contributed by atoms with Crippen LogP contribution in [0.5, 0.6) is 5.75 Å². The predicted octanol–water partition coefficient (Wildman–Crippen LogP) is 2.43. The highest BCUT2D eigenvalue weighted by atomic mass is 16.5. The number of aryl methyl sites for hydroxylation is 1. The summed E-state index contributed by atoms with van der Waals surface area (Å²) in [5, 5.41) is 12.0. The van der Waals surface area contributed by atoms with Crippen LogP contribution in [0.3, 0.4) is 0 Å². The Morgan fingerprint density at radius 2 is 1.95 bits per heavy atom. The molecular formula is C17H19NO3. The second kappa shape index (κ2) is 6.90. The van der Waals surface area contributed by atoms with Gasteiger partial charge in [0.05, 0.1) is 19.3 Å². The SMILES string of the molecule is COc1ccc(C)cc1C(=O)NCc1cccc(CO)c1. The summed E-state index contributed by atoms with van der Waals surface area (Å²) in [6.45, 7) is 2.33. The minimum absolute atomic E-state index is 0.00646. The van der Waals surface area contributed by atoms with Crippen molar-refractivity contribution < 1.29 is 14.6 Å². The van der Waals surface area contributed by atoms with Gasteiger partial charge in [-0.25, -0.2) is 0 Å². The third-order valence-corrected chi connectivity index (χ3v) is 3.23. The maximum Gasteiger partial charge on any atom is 0.255 e. The molecule has 0 saturated heterocycles. The molecule has 4 nitrogen and oxygen atoms in total. The molecule has 0 heterocycles. The Bertz CT molecular complexity index is 638. The van der Waals surface area contributed by atoms with Crippen molar-refractivity contribution >= 4 is 5.91 Å². The van der Waals surface area contributed by atoms with E-state index in [2.05, 4.69) is 5.32 Å². The Morgan fingerprint density at radius 3 is 2.67 bits per heavy atom. The number of rotatable bonds is 5. The average molecular weight is 285 g/mol. The van der Waals surface area contributed by atoms with E-state index in [0.717, 1.165) is 16.7 Å². The number of hydrogen-bond donors (Lipinski definition) is 2. The third-order valence-electron chi connectivity index (χ3n) is 3.23. The molecule has 4 heteroatoms. The topological polar surface area (TPSA) is 58.6 Å². The van der Waals surface area contributed by atoms with Gasteiger partial charge in [-0.15, -0.1) is 0 Å². The van der Waals surface area contributed by atoms with Gasteiger partial charge in [0.15, 0.2) is 0 Å². The fourth-order valence-electron chi connectivity index (χ4n) is 2.11. The highest BCUT2D eigenvalue weighted by Crippen LogP contribution is 2.19. The van der Waals surface area contributed by atoms with E-state index in [0.29, 0.717) is 17.9 Å². The van der Waals surface area contributed by atoms with Gasteiger partial charge in [-0.1, -0.05) is 35.9 Å². The summed E-state index contributed by atoms with van der Waals surface area (Å²) >= 11 is 0. The van der Waals surface area contributed by atoms with Gasteiger partial charge in [-0.2, -0.15) is 0 Å². The standard InChI is InChI=1S/C17H19NO3/c1-12-6-7-16(21-2)15(8-12)17(20)18-10-13-4-3-5-14(9-13)11-19/h3-9,19H,10-11H2,1-2H3,(H,18,20). The summed E-state index contributed by atoms with van der Waals surface area (Å²) in [5.41, 5.74) is 3.30. The Balaban J connectivity index is 2.09. The van der Waals surface area contributed by atoms with Gasteiger partial charge in [0.25, 0.3) is 5.91 Å². The van der Waals surface area contributed by atoms with Gasteiger partial charge in [-0.05, 0) is 30.2 Å². The van der Waals surface area contributed by atoms with E-state index in [9.17, 15) is 4.79 Å². The molecule has 0 saturated carbocycles. The van der Waals surface area contributed by atoms with E-state index in [1.807, 2.05) is 37.3 Å². The normalized spacial score (nSPS) is 10.2. The van der Waals surface area contributed by atoms with Gasteiger partial charge in [0.2, 0.25) is 0 Å². The first-order valence-corrected chi connectivity index (χ1v) is 6.75.